The Labute approximate surface area is 124 Å². The first-order chi connectivity index (χ1) is 10.0. The second kappa shape index (κ2) is 7.02. The number of piperidine rings is 1. The number of benzene rings is 1. The van der Waals surface area contributed by atoms with Gasteiger partial charge in [0.1, 0.15) is 0 Å². The van der Waals surface area contributed by atoms with Crippen molar-refractivity contribution in [2.24, 2.45) is 5.92 Å². The summed E-state index contributed by atoms with van der Waals surface area (Å²) >= 11 is 0. The molecule has 1 aromatic carbocycles. The number of sulfonamides is 1. The lowest BCUT2D eigenvalue weighted by Crippen LogP contribution is -2.36. The van der Waals surface area contributed by atoms with Crippen LogP contribution in [0.5, 0.6) is 0 Å². The molecule has 0 radical (unpaired) electrons. The Bertz CT molecular complexity index is 595. The third-order valence-corrected chi connectivity index (χ3v) is 5.08. The predicted octanol–water partition coefficient (Wildman–Crippen LogP) is 0.751. The van der Waals surface area contributed by atoms with E-state index in [0.717, 1.165) is 25.9 Å². The van der Waals surface area contributed by atoms with Crippen molar-refractivity contribution in [1.82, 2.24) is 10.0 Å². The fourth-order valence-electron chi connectivity index (χ4n) is 2.37. The van der Waals surface area contributed by atoms with Gasteiger partial charge in [0.05, 0.1) is 17.6 Å². The highest BCUT2D eigenvalue weighted by Crippen LogP contribution is 2.17. The molecule has 1 aliphatic rings. The summed E-state index contributed by atoms with van der Waals surface area (Å²) in [5, 5.41) is 3.24. The molecular formula is C14H20N2O4S. The molecule has 0 bridgehead atoms. The molecule has 2 rings (SSSR count). The molecule has 2 N–H and O–H groups in total. The van der Waals surface area contributed by atoms with Crippen LogP contribution in [0, 0.1) is 5.92 Å². The molecule has 6 nitrogen and oxygen atoms in total. The Morgan fingerprint density at radius 3 is 2.67 bits per heavy atom. The number of nitrogens with one attached hydrogen (secondary N) is 2. The van der Waals surface area contributed by atoms with E-state index in [1.54, 1.807) is 12.1 Å². The van der Waals surface area contributed by atoms with Crippen LogP contribution in [0.15, 0.2) is 29.2 Å². The lowest BCUT2D eigenvalue weighted by atomic mass is 9.99. The van der Waals surface area contributed by atoms with Gasteiger partial charge in [0, 0.05) is 6.54 Å². The van der Waals surface area contributed by atoms with Gasteiger partial charge in [-0.2, -0.15) is 0 Å². The zero-order valence-corrected chi connectivity index (χ0v) is 12.8. The van der Waals surface area contributed by atoms with Gasteiger partial charge < -0.3 is 10.1 Å². The standard InChI is InChI=1S/C14H20N2O4S/c1-20-14(17)12-4-2-3-5-13(12)21(18,19)16-10-11-6-8-15-9-7-11/h2-5,11,15-16H,6-10H2,1H3. The van der Waals surface area contributed by atoms with Crippen molar-refractivity contribution in [2.75, 3.05) is 26.7 Å². The smallest absolute Gasteiger partial charge is 0.339 e. The molecule has 1 aromatic rings. The molecule has 0 saturated carbocycles. The largest absolute Gasteiger partial charge is 0.465 e. The molecule has 1 aliphatic heterocycles. The van der Waals surface area contributed by atoms with Gasteiger partial charge in [-0.1, -0.05) is 12.1 Å². The van der Waals surface area contributed by atoms with Gasteiger partial charge in [0.15, 0.2) is 0 Å². The molecule has 0 aliphatic carbocycles. The third kappa shape index (κ3) is 4.03. The van der Waals surface area contributed by atoms with Crippen LogP contribution in [0.1, 0.15) is 23.2 Å². The average molecular weight is 312 g/mol. The van der Waals surface area contributed by atoms with Crippen LogP contribution in [-0.4, -0.2) is 41.1 Å². The average Bonchev–Trinajstić information content (AvgIpc) is 2.53. The van der Waals surface area contributed by atoms with Crippen LogP contribution in [0.4, 0.5) is 0 Å². The first-order valence-electron chi connectivity index (χ1n) is 6.92. The highest BCUT2D eigenvalue weighted by Gasteiger charge is 2.23. The first kappa shape index (κ1) is 15.9. The Balaban J connectivity index is 2.13. The fraction of sp³-hybridized carbons (Fsp3) is 0.500. The van der Waals surface area contributed by atoms with Gasteiger partial charge in [-0.05, 0) is 44.0 Å². The summed E-state index contributed by atoms with van der Waals surface area (Å²) in [7, 11) is -2.49. The van der Waals surface area contributed by atoms with E-state index in [2.05, 4.69) is 14.8 Å². The molecular weight excluding hydrogens is 292 g/mol. The lowest BCUT2D eigenvalue weighted by Gasteiger charge is -2.22. The Morgan fingerprint density at radius 2 is 2.00 bits per heavy atom. The van der Waals surface area contributed by atoms with E-state index in [9.17, 15) is 13.2 Å². The van der Waals surface area contributed by atoms with Crippen molar-refractivity contribution in [3.8, 4) is 0 Å². The van der Waals surface area contributed by atoms with Crippen molar-refractivity contribution in [3.05, 3.63) is 29.8 Å². The molecule has 1 fully saturated rings. The van der Waals surface area contributed by atoms with Crippen LogP contribution in [-0.2, 0) is 14.8 Å². The number of methoxy groups -OCH3 is 1. The van der Waals surface area contributed by atoms with Crippen molar-refractivity contribution in [3.63, 3.8) is 0 Å². The zero-order chi connectivity index (χ0) is 15.3. The minimum Gasteiger partial charge on any atom is -0.465 e. The molecule has 0 aromatic heterocycles. The summed E-state index contributed by atoms with van der Waals surface area (Å²) in [4.78, 5) is 11.6. The monoisotopic (exact) mass is 312 g/mol. The number of carbonyl (C=O) groups excluding carboxylic acids is 1. The topological polar surface area (TPSA) is 84.5 Å². The minimum absolute atomic E-state index is 0.0363. The van der Waals surface area contributed by atoms with Crippen LogP contribution in [0.25, 0.3) is 0 Å². The van der Waals surface area contributed by atoms with Crippen molar-refractivity contribution >= 4 is 16.0 Å². The van der Waals surface area contributed by atoms with Gasteiger partial charge in [-0.15, -0.1) is 0 Å². The van der Waals surface area contributed by atoms with E-state index in [4.69, 9.17) is 0 Å². The molecule has 7 heteroatoms. The third-order valence-electron chi connectivity index (χ3n) is 3.60. The molecule has 0 unspecified atom stereocenters. The molecule has 1 heterocycles. The SMILES string of the molecule is COC(=O)c1ccccc1S(=O)(=O)NCC1CCNCC1. The summed E-state index contributed by atoms with van der Waals surface area (Å²) in [6.07, 6.45) is 1.89. The van der Waals surface area contributed by atoms with Gasteiger partial charge in [-0.3, -0.25) is 0 Å². The fourth-order valence-corrected chi connectivity index (χ4v) is 3.68. The van der Waals surface area contributed by atoms with Crippen LogP contribution in [0.3, 0.4) is 0 Å². The second-order valence-corrected chi connectivity index (χ2v) is 6.77. The maximum Gasteiger partial charge on any atom is 0.339 e. The predicted molar refractivity (Wildman–Crippen MR) is 78.6 cm³/mol. The number of carbonyl (C=O) groups is 1. The lowest BCUT2D eigenvalue weighted by molar-refractivity contribution is 0.0596. The summed E-state index contributed by atoms with van der Waals surface area (Å²) in [6, 6.07) is 6.06. The van der Waals surface area contributed by atoms with Gasteiger partial charge in [0.2, 0.25) is 10.0 Å². The molecule has 21 heavy (non-hydrogen) atoms. The van der Waals surface area contributed by atoms with Crippen LogP contribution in [0.2, 0.25) is 0 Å². The van der Waals surface area contributed by atoms with Crippen molar-refractivity contribution in [2.45, 2.75) is 17.7 Å². The molecule has 0 atom stereocenters. The van der Waals surface area contributed by atoms with E-state index < -0.39 is 16.0 Å². The van der Waals surface area contributed by atoms with E-state index >= 15 is 0 Å². The molecule has 0 amide bonds. The second-order valence-electron chi connectivity index (χ2n) is 5.03. The summed E-state index contributed by atoms with van der Waals surface area (Å²) < 4.78 is 32.0. The zero-order valence-electron chi connectivity index (χ0n) is 12.0. The molecule has 0 spiro atoms. The maximum absolute atomic E-state index is 12.4. The molecule has 1 saturated heterocycles. The van der Waals surface area contributed by atoms with Gasteiger partial charge >= 0.3 is 5.97 Å². The van der Waals surface area contributed by atoms with Gasteiger partial charge in [0.25, 0.3) is 0 Å². The first-order valence-corrected chi connectivity index (χ1v) is 8.40. The minimum atomic E-state index is -3.72. The maximum atomic E-state index is 12.4. The van der Waals surface area contributed by atoms with E-state index in [1.807, 2.05) is 0 Å². The number of esters is 1. The highest BCUT2D eigenvalue weighted by atomic mass is 32.2. The van der Waals surface area contributed by atoms with Crippen LogP contribution >= 0.6 is 0 Å². The Kier molecular flexibility index (Phi) is 5.33. The summed E-state index contributed by atoms with van der Waals surface area (Å²) in [5.74, 6) is -0.329. The highest BCUT2D eigenvalue weighted by molar-refractivity contribution is 7.89. The van der Waals surface area contributed by atoms with Crippen molar-refractivity contribution in [1.29, 1.82) is 0 Å². The Morgan fingerprint density at radius 1 is 1.33 bits per heavy atom. The number of ether oxygens (including phenoxy) is 1. The summed E-state index contributed by atoms with van der Waals surface area (Å²) in [6.45, 7) is 2.20. The number of rotatable bonds is 5. The van der Waals surface area contributed by atoms with Crippen LogP contribution < -0.4 is 10.0 Å². The Hall–Kier alpha value is -1.44. The quantitative estimate of drug-likeness (QED) is 0.784. The normalized spacial score (nSPS) is 16.6. The summed E-state index contributed by atoms with van der Waals surface area (Å²) in [5.41, 5.74) is 0.0535. The molecule has 116 valence electrons. The van der Waals surface area contributed by atoms with Crippen molar-refractivity contribution < 1.29 is 17.9 Å². The number of hydrogen-bond acceptors (Lipinski definition) is 5. The van der Waals surface area contributed by atoms with Gasteiger partial charge in [-0.25, -0.2) is 17.9 Å². The van der Waals surface area contributed by atoms with E-state index in [-0.39, 0.29) is 10.5 Å². The number of hydrogen-bond donors (Lipinski definition) is 2. The van der Waals surface area contributed by atoms with E-state index in [1.165, 1.54) is 19.2 Å². The van der Waals surface area contributed by atoms with E-state index in [0.29, 0.717) is 12.5 Å².